The number of benzene rings is 1. The predicted octanol–water partition coefficient (Wildman–Crippen LogP) is 0.937. The molecule has 19 heavy (non-hydrogen) atoms. The van der Waals surface area contributed by atoms with Crippen molar-refractivity contribution < 1.29 is 4.79 Å². The molecule has 1 amide bonds. The van der Waals surface area contributed by atoms with E-state index in [1.807, 2.05) is 0 Å². The van der Waals surface area contributed by atoms with Gasteiger partial charge in [0.2, 0.25) is 5.91 Å². The van der Waals surface area contributed by atoms with Crippen molar-refractivity contribution in [3.05, 3.63) is 28.7 Å². The van der Waals surface area contributed by atoms with Gasteiger partial charge in [-0.05, 0) is 31.0 Å². The predicted molar refractivity (Wildman–Crippen MR) is 73.2 cm³/mol. The Labute approximate surface area is 109 Å². The molecule has 1 aliphatic carbocycles. The molecular weight excluding hydrogens is 244 g/mol. The Kier molecular flexibility index (Phi) is 3.08. The first-order valence-corrected chi connectivity index (χ1v) is 6.46. The number of H-pyrrole nitrogens is 2. The van der Waals surface area contributed by atoms with Crippen molar-refractivity contribution in [3.63, 3.8) is 0 Å². The van der Waals surface area contributed by atoms with Crippen LogP contribution in [0.5, 0.6) is 0 Å². The van der Waals surface area contributed by atoms with Gasteiger partial charge in [-0.2, -0.15) is 0 Å². The van der Waals surface area contributed by atoms with Crippen LogP contribution in [0.25, 0.3) is 11.0 Å². The molecule has 1 fully saturated rings. The van der Waals surface area contributed by atoms with Crippen LogP contribution in [-0.4, -0.2) is 28.5 Å². The lowest BCUT2D eigenvalue weighted by Gasteiger charge is -2.05. The summed E-state index contributed by atoms with van der Waals surface area (Å²) in [5.74, 6) is -0.0228. The molecule has 2 aromatic rings. The topological polar surface area (TPSA) is 89.8 Å². The highest BCUT2D eigenvalue weighted by atomic mass is 16.1. The molecule has 1 aromatic heterocycles. The first-order chi connectivity index (χ1) is 9.20. The number of aromatic nitrogens is 2. The minimum Gasteiger partial charge on any atom is -0.326 e. The molecule has 0 radical (unpaired) electrons. The van der Waals surface area contributed by atoms with E-state index in [1.54, 1.807) is 18.2 Å². The second kappa shape index (κ2) is 4.89. The molecule has 1 saturated carbocycles. The van der Waals surface area contributed by atoms with Crippen molar-refractivity contribution in [1.82, 2.24) is 15.3 Å². The van der Waals surface area contributed by atoms with Crippen LogP contribution in [-0.2, 0) is 4.79 Å². The van der Waals surface area contributed by atoms with Gasteiger partial charge >= 0.3 is 5.69 Å². The maximum Gasteiger partial charge on any atom is 0.323 e. The highest BCUT2D eigenvalue weighted by molar-refractivity contribution is 5.93. The van der Waals surface area contributed by atoms with Gasteiger partial charge in [-0.15, -0.1) is 0 Å². The third-order valence-corrected chi connectivity index (χ3v) is 3.16. The molecule has 6 heteroatoms. The van der Waals surface area contributed by atoms with Crippen LogP contribution < -0.4 is 16.3 Å². The molecule has 3 rings (SSSR count). The molecule has 0 saturated heterocycles. The van der Waals surface area contributed by atoms with Crippen molar-refractivity contribution in [2.24, 2.45) is 0 Å². The van der Waals surface area contributed by atoms with Gasteiger partial charge in [-0.1, -0.05) is 0 Å². The second-order valence-corrected chi connectivity index (χ2v) is 4.87. The number of aromatic amines is 2. The van der Waals surface area contributed by atoms with Gasteiger partial charge in [0.1, 0.15) is 0 Å². The third-order valence-electron chi connectivity index (χ3n) is 3.16. The maximum atomic E-state index is 11.7. The van der Waals surface area contributed by atoms with E-state index in [0.717, 1.165) is 5.52 Å². The van der Waals surface area contributed by atoms with Crippen LogP contribution in [0.3, 0.4) is 0 Å². The zero-order chi connectivity index (χ0) is 13.2. The average Bonchev–Trinajstić information content (AvgIpc) is 3.09. The lowest BCUT2D eigenvalue weighted by molar-refractivity contribution is -0.116. The van der Waals surface area contributed by atoms with Gasteiger partial charge in [0.15, 0.2) is 0 Å². The number of carbonyl (C=O) groups is 1. The number of imidazole rings is 1. The van der Waals surface area contributed by atoms with Crippen LogP contribution in [0.1, 0.15) is 19.3 Å². The Balaban J connectivity index is 1.59. The first-order valence-electron chi connectivity index (χ1n) is 6.46. The van der Waals surface area contributed by atoms with Gasteiger partial charge in [-0.3, -0.25) is 4.79 Å². The van der Waals surface area contributed by atoms with E-state index >= 15 is 0 Å². The summed E-state index contributed by atoms with van der Waals surface area (Å²) in [4.78, 5) is 28.2. The largest absolute Gasteiger partial charge is 0.326 e. The molecule has 100 valence electrons. The fraction of sp³-hybridized carbons (Fsp3) is 0.385. The minimum absolute atomic E-state index is 0.0228. The number of anilines is 1. The van der Waals surface area contributed by atoms with Crippen molar-refractivity contribution in [2.45, 2.75) is 25.3 Å². The summed E-state index contributed by atoms with van der Waals surface area (Å²) in [6.45, 7) is 0.708. The normalized spacial score (nSPS) is 14.7. The molecule has 6 nitrogen and oxygen atoms in total. The van der Waals surface area contributed by atoms with Gasteiger partial charge in [0.25, 0.3) is 0 Å². The van der Waals surface area contributed by atoms with Crippen LogP contribution >= 0.6 is 0 Å². The summed E-state index contributed by atoms with van der Waals surface area (Å²) in [6, 6.07) is 5.91. The molecule has 0 atom stereocenters. The standard InChI is InChI=1S/C13H16N4O2/c18-12(5-6-14-8-1-2-8)15-9-3-4-10-11(7-9)17-13(19)16-10/h3-4,7-8,14H,1-2,5-6H2,(H,15,18)(H2,16,17,19). The fourth-order valence-electron chi connectivity index (χ4n) is 2.01. The summed E-state index contributed by atoms with van der Waals surface area (Å²) in [7, 11) is 0. The van der Waals surface area contributed by atoms with E-state index in [2.05, 4.69) is 20.6 Å². The lowest BCUT2D eigenvalue weighted by Crippen LogP contribution is -2.23. The van der Waals surface area contributed by atoms with E-state index in [9.17, 15) is 9.59 Å². The molecule has 0 spiro atoms. The Morgan fingerprint density at radius 3 is 2.84 bits per heavy atom. The molecule has 0 unspecified atom stereocenters. The molecule has 0 bridgehead atoms. The summed E-state index contributed by atoms with van der Waals surface area (Å²) in [5.41, 5.74) is 1.88. The summed E-state index contributed by atoms with van der Waals surface area (Å²) < 4.78 is 0. The zero-order valence-corrected chi connectivity index (χ0v) is 10.5. The lowest BCUT2D eigenvalue weighted by atomic mass is 10.2. The number of fused-ring (bicyclic) bond motifs is 1. The molecule has 4 N–H and O–H groups in total. The van der Waals surface area contributed by atoms with E-state index < -0.39 is 0 Å². The Hall–Kier alpha value is -2.08. The molecule has 1 aromatic carbocycles. The van der Waals surface area contributed by atoms with Gasteiger partial charge < -0.3 is 20.6 Å². The number of carbonyl (C=O) groups excluding carboxylic acids is 1. The molecule has 0 aliphatic heterocycles. The smallest absolute Gasteiger partial charge is 0.323 e. The zero-order valence-electron chi connectivity index (χ0n) is 10.5. The average molecular weight is 260 g/mol. The summed E-state index contributed by atoms with van der Waals surface area (Å²) in [5, 5.41) is 6.12. The summed E-state index contributed by atoms with van der Waals surface area (Å²) in [6.07, 6.45) is 2.90. The van der Waals surface area contributed by atoms with Crippen LogP contribution in [0.4, 0.5) is 5.69 Å². The highest BCUT2D eigenvalue weighted by Gasteiger charge is 2.20. The van der Waals surface area contributed by atoms with Crippen molar-refractivity contribution in [1.29, 1.82) is 0 Å². The van der Waals surface area contributed by atoms with Gasteiger partial charge in [0, 0.05) is 24.7 Å². The number of amides is 1. The van der Waals surface area contributed by atoms with Crippen LogP contribution in [0.2, 0.25) is 0 Å². The SMILES string of the molecule is O=C(CCNC1CC1)Nc1ccc2[nH]c(=O)[nH]c2c1. The van der Waals surface area contributed by atoms with E-state index in [-0.39, 0.29) is 11.6 Å². The van der Waals surface area contributed by atoms with Crippen molar-refractivity contribution in [3.8, 4) is 0 Å². The number of hydrogen-bond donors (Lipinski definition) is 4. The minimum atomic E-state index is -0.243. The quantitative estimate of drug-likeness (QED) is 0.645. The molecule has 1 aliphatic rings. The summed E-state index contributed by atoms with van der Waals surface area (Å²) >= 11 is 0. The second-order valence-electron chi connectivity index (χ2n) is 4.87. The maximum absolute atomic E-state index is 11.7. The number of rotatable bonds is 5. The van der Waals surface area contributed by atoms with Crippen molar-refractivity contribution in [2.75, 3.05) is 11.9 Å². The van der Waals surface area contributed by atoms with E-state index in [0.29, 0.717) is 30.2 Å². The van der Waals surface area contributed by atoms with Crippen LogP contribution in [0.15, 0.2) is 23.0 Å². The highest BCUT2D eigenvalue weighted by Crippen LogP contribution is 2.18. The van der Waals surface area contributed by atoms with E-state index in [1.165, 1.54) is 12.8 Å². The number of hydrogen-bond acceptors (Lipinski definition) is 3. The Morgan fingerprint density at radius 2 is 2.05 bits per heavy atom. The monoisotopic (exact) mass is 260 g/mol. The van der Waals surface area contributed by atoms with E-state index in [4.69, 9.17) is 0 Å². The van der Waals surface area contributed by atoms with Crippen LogP contribution in [0, 0.1) is 0 Å². The first kappa shape index (κ1) is 12.0. The Morgan fingerprint density at radius 1 is 1.26 bits per heavy atom. The van der Waals surface area contributed by atoms with Gasteiger partial charge in [-0.25, -0.2) is 4.79 Å². The molecular formula is C13H16N4O2. The van der Waals surface area contributed by atoms with Gasteiger partial charge in [0.05, 0.1) is 11.0 Å². The fourth-order valence-corrected chi connectivity index (χ4v) is 2.01. The number of nitrogens with one attached hydrogen (secondary N) is 4. The Bertz CT molecular complexity index is 654. The van der Waals surface area contributed by atoms with Crippen molar-refractivity contribution >= 4 is 22.6 Å². The third kappa shape index (κ3) is 3.03. The molecule has 1 heterocycles.